The quantitative estimate of drug-likeness (QED) is 0.649. The molecule has 0 unspecified atom stereocenters. The van der Waals surface area contributed by atoms with Gasteiger partial charge in [-0.1, -0.05) is 0 Å². The summed E-state index contributed by atoms with van der Waals surface area (Å²) in [7, 11) is 0. The predicted molar refractivity (Wildman–Crippen MR) is 55.7 cm³/mol. The van der Waals surface area contributed by atoms with Crippen LogP contribution in [0.5, 0.6) is 0 Å². The molecule has 0 atom stereocenters. The van der Waals surface area contributed by atoms with Gasteiger partial charge in [0.1, 0.15) is 23.6 Å². The van der Waals surface area contributed by atoms with Crippen LogP contribution in [0, 0.1) is 11.3 Å². The highest BCUT2D eigenvalue weighted by molar-refractivity contribution is 5.77. The van der Waals surface area contributed by atoms with E-state index in [1.165, 1.54) is 6.33 Å². The average molecular weight is 210 g/mol. The van der Waals surface area contributed by atoms with E-state index in [9.17, 15) is 0 Å². The van der Waals surface area contributed by atoms with E-state index in [0.29, 0.717) is 17.2 Å². The van der Waals surface area contributed by atoms with E-state index in [1.54, 1.807) is 29.2 Å². The molecule has 3 aromatic heterocycles. The van der Waals surface area contributed by atoms with Crippen LogP contribution >= 0.6 is 0 Å². The first-order chi connectivity index (χ1) is 7.90. The van der Waals surface area contributed by atoms with Crippen LogP contribution in [-0.4, -0.2) is 24.5 Å². The lowest BCUT2D eigenvalue weighted by atomic mass is 10.4. The third-order valence-electron chi connectivity index (χ3n) is 2.29. The summed E-state index contributed by atoms with van der Waals surface area (Å²) in [6.45, 7) is 0. The molecule has 0 aromatic carbocycles. The van der Waals surface area contributed by atoms with Crippen molar-refractivity contribution in [3.63, 3.8) is 0 Å². The molecule has 1 N–H and O–H groups in total. The van der Waals surface area contributed by atoms with Crippen molar-refractivity contribution in [2.45, 2.75) is 0 Å². The van der Waals surface area contributed by atoms with Crippen molar-refractivity contribution < 1.29 is 0 Å². The van der Waals surface area contributed by atoms with Crippen LogP contribution in [0.3, 0.4) is 0 Å². The fourth-order valence-electron chi connectivity index (χ4n) is 1.59. The summed E-state index contributed by atoms with van der Waals surface area (Å²) in [6, 6.07) is 5.62. The number of nitrogens with one attached hydrogen (secondary N) is 1. The van der Waals surface area contributed by atoms with Gasteiger partial charge >= 0.3 is 0 Å². The van der Waals surface area contributed by atoms with Crippen LogP contribution in [0.15, 0.2) is 31.0 Å². The first-order valence-electron chi connectivity index (χ1n) is 4.62. The zero-order chi connectivity index (χ0) is 11.0. The fourth-order valence-corrected chi connectivity index (χ4v) is 1.59. The molecule has 0 amide bonds. The maximum atomic E-state index is 8.95. The molecule has 0 aliphatic heterocycles. The molecule has 0 aliphatic carbocycles. The molecule has 6 heteroatoms. The van der Waals surface area contributed by atoms with Crippen molar-refractivity contribution in [2.24, 2.45) is 0 Å². The third kappa shape index (κ3) is 1.09. The highest BCUT2D eigenvalue weighted by Crippen LogP contribution is 2.16. The van der Waals surface area contributed by atoms with Gasteiger partial charge in [0.2, 0.25) is 0 Å². The van der Waals surface area contributed by atoms with Crippen molar-refractivity contribution >= 4 is 11.2 Å². The molecule has 0 spiro atoms. The minimum Gasteiger partial charge on any atom is -0.340 e. The van der Waals surface area contributed by atoms with E-state index in [2.05, 4.69) is 26.0 Å². The van der Waals surface area contributed by atoms with E-state index in [4.69, 9.17) is 5.26 Å². The number of hydrogen-bond acceptors (Lipinski definition) is 4. The number of hydrogen-bond donors (Lipinski definition) is 1. The lowest BCUT2D eigenvalue weighted by Gasteiger charge is -2.03. The lowest BCUT2D eigenvalue weighted by molar-refractivity contribution is 0.983. The Morgan fingerprint density at radius 3 is 3.12 bits per heavy atom. The molecule has 3 rings (SSSR count). The van der Waals surface area contributed by atoms with E-state index in [-0.39, 0.29) is 0 Å². The predicted octanol–water partition coefficient (Wildman–Crippen LogP) is 1.02. The van der Waals surface area contributed by atoms with E-state index in [1.807, 2.05) is 0 Å². The second-order valence-electron chi connectivity index (χ2n) is 3.17. The van der Waals surface area contributed by atoms with Crippen molar-refractivity contribution in [3.8, 4) is 11.9 Å². The second kappa shape index (κ2) is 3.17. The third-order valence-corrected chi connectivity index (χ3v) is 2.29. The molecule has 0 fully saturated rings. The van der Waals surface area contributed by atoms with Gasteiger partial charge in [0.05, 0.1) is 6.33 Å². The number of rotatable bonds is 1. The Morgan fingerprint density at radius 2 is 2.25 bits per heavy atom. The van der Waals surface area contributed by atoms with Crippen molar-refractivity contribution in [2.75, 3.05) is 0 Å². The first kappa shape index (κ1) is 8.61. The molecule has 3 heterocycles. The van der Waals surface area contributed by atoms with Gasteiger partial charge in [-0.25, -0.2) is 15.0 Å². The molecular weight excluding hydrogens is 204 g/mol. The van der Waals surface area contributed by atoms with Crippen LogP contribution in [0.25, 0.3) is 17.0 Å². The van der Waals surface area contributed by atoms with E-state index < -0.39 is 0 Å². The van der Waals surface area contributed by atoms with Gasteiger partial charge in [0.15, 0.2) is 11.5 Å². The lowest BCUT2D eigenvalue weighted by Crippen LogP contribution is -2.00. The highest BCUT2D eigenvalue weighted by atomic mass is 15.1. The maximum absolute atomic E-state index is 8.95. The summed E-state index contributed by atoms with van der Waals surface area (Å²) >= 11 is 0. The Morgan fingerprint density at radius 1 is 1.31 bits per heavy atom. The Bertz CT molecular complexity index is 686. The fraction of sp³-hybridized carbons (Fsp3) is 0. The summed E-state index contributed by atoms with van der Waals surface area (Å²) in [5.41, 5.74) is 1.83. The van der Waals surface area contributed by atoms with Gasteiger partial charge in [-0.15, -0.1) is 0 Å². The zero-order valence-corrected chi connectivity index (χ0v) is 8.12. The maximum Gasteiger partial charge on any atom is 0.182 e. The Balaban J connectivity index is 2.35. The van der Waals surface area contributed by atoms with Crippen molar-refractivity contribution in [3.05, 3.63) is 36.7 Å². The summed E-state index contributed by atoms with van der Waals surface area (Å²) in [5, 5.41) is 8.95. The van der Waals surface area contributed by atoms with Gasteiger partial charge in [-0.05, 0) is 12.1 Å². The molecule has 6 nitrogen and oxygen atoms in total. The number of nitrogens with zero attached hydrogens (tertiary/aromatic N) is 5. The molecule has 76 valence electrons. The first-order valence-corrected chi connectivity index (χ1v) is 4.62. The summed E-state index contributed by atoms with van der Waals surface area (Å²) in [4.78, 5) is 15.2. The minimum absolute atomic E-state index is 0.523. The minimum atomic E-state index is 0.523. The smallest absolute Gasteiger partial charge is 0.182 e. The van der Waals surface area contributed by atoms with Crippen LogP contribution in [0.1, 0.15) is 5.69 Å². The van der Waals surface area contributed by atoms with Gasteiger partial charge in [0.25, 0.3) is 0 Å². The monoisotopic (exact) mass is 210 g/mol. The largest absolute Gasteiger partial charge is 0.340 e. The highest BCUT2D eigenvalue weighted by Gasteiger charge is 2.09. The van der Waals surface area contributed by atoms with Gasteiger partial charge in [0, 0.05) is 6.20 Å². The average Bonchev–Trinajstić information content (AvgIpc) is 2.96. The summed E-state index contributed by atoms with van der Waals surface area (Å²) in [5.74, 6) is 0.629. The molecule has 0 saturated carbocycles. The topological polar surface area (TPSA) is 83.2 Å². The molecule has 0 radical (unpaired) electrons. The van der Waals surface area contributed by atoms with Gasteiger partial charge < -0.3 is 4.98 Å². The number of imidazole rings is 1. The van der Waals surface area contributed by atoms with Crippen LogP contribution < -0.4 is 0 Å². The number of nitriles is 1. The van der Waals surface area contributed by atoms with Crippen LogP contribution in [0.2, 0.25) is 0 Å². The number of aromatic amines is 1. The Kier molecular flexibility index (Phi) is 1.71. The summed E-state index contributed by atoms with van der Waals surface area (Å²) in [6.07, 6.45) is 4.76. The van der Waals surface area contributed by atoms with Crippen molar-refractivity contribution in [1.29, 1.82) is 5.26 Å². The number of fused-ring (bicyclic) bond motifs is 1. The second-order valence-corrected chi connectivity index (χ2v) is 3.17. The van der Waals surface area contributed by atoms with Gasteiger partial charge in [-0.3, -0.25) is 4.57 Å². The van der Waals surface area contributed by atoms with Crippen molar-refractivity contribution in [1.82, 2.24) is 24.5 Å². The molecule has 3 aromatic rings. The van der Waals surface area contributed by atoms with E-state index >= 15 is 0 Å². The molecular formula is C10H6N6. The zero-order valence-electron chi connectivity index (χ0n) is 8.12. The SMILES string of the molecule is N#Cc1cccn1-c1ncnc2nc[nH]c12. The Hall–Kier alpha value is -2.68. The standard InChI is InChI=1S/C10H6N6/c11-4-7-2-1-3-16(7)10-8-9(13-5-12-8)14-6-15-10/h1-3,5-6H,(H,12,13,14,15). The van der Waals surface area contributed by atoms with Crippen LogP contribution in [-0.2, 0) is 0 Å². The number of H-pyrrole nitrogens is 1. The molecule has 0 bridgehead atoms. The van der Waals surface area contributed by atoms with E-state index in [0.717, 1.165) is 5.52 Å². The van der Waals surface area contributed by atoms with Crippen LogP contribution in [0.4, 0.5) is 0 Å². The molecule has 0 aliphatic rings. The summed E-state index contributed by atoms with van der Waals surface area (Å²) < 4.78 is 1.70. The Labute approximate surface area is 90.2 Å². The van der Waals surface area contributed by atoms with Gasteiger partial charge in [-0.2, -0.15) is 5.26 Å². The normalized spacial score (nSPS) is 10.4. The molecule has 16 heavy (non-hydrogen) atoms. The number of aromatic nitrogens is 5. The molecule has 0 saturated heterocycles.